The maximum atomic E-state index is 5.72. The van der Waals surface area contributed by atoms with Gasteiger partial charge in [0.25, 0.3) is 0 Å². The summed E-state index contributed by atoms with van der Waals surface area (Å²) in [6, 6.07) is 9.02. The van der Waals surface area contributed by atoms with Crippen molar-refractivity contribution in [3.8, 4) is 0 Å². The van der Waals surface area contributed by atoms with Gasteiger partial charge in [0.1, 0.15) is 0 Å². The van der Waals surface area contributed by atoms with Crippen molar-refractivity contribution in [2.24, 2.45) is 0 Å². The maximum Gasteiger partial charge on any atom is 0.0576 e. The summed E-state index contributed by atoms with van der Waals surface area (Å²) in [7, 11) is 0. The molecule has 2 atom stereocenters. The number of hydrogen-bond donors (Lipinski definition) is 1. The van der Waals surface area contributed by atoms with E-state index in [1.54, 1.807) is 0 Å². The van der Waals surface area contributed by atoms with Gasteiger partial charge in [-0.2, -0.15) is 0 Å². The Hall–Kier alpha value is -0.380. The van der Waals surface area contributed by atoms with E-state index in [4.69, 9.17) is 4.74 Å². The fraction of sp³-hybridized carbons (Fsp3) is 0.647. The quantitative estimate of drug-likeness (QED) is 0.731. The zero-order valence-corrected chi connectivity index (χ0v) is 14.0. The van der Waals surface area contributed by atoms with Crippen molar-refractivity contribution in [2.45, 2.75) is 57.6 Å². The van der Waals surface area contributed by atoms with E-state index in [1.165, 1.54) is 48.6 Å². The monoisotopic (exact) mass is 339 g/mol. The molecule has 0 saturated carbocycles. The van der Waals surface area contributed by atoms with Gasteiger partial charge < -0.3 is 10.1 Å². The summed E-state index contributed by atoms with van der Waals surface area (Å²) in [6.07, 6.45) is 7.80. The highest BCUT2D eigenvalue weighted by Gasteiger charge is 2.17. The maximum absolute atomic E-state index is 5.72. The van der Waals surface area contributed by atoms with Crippen LogP contribution in [0, 0.1) is 0 Å². The minimum atomic E-state index is 0.451. The number of ether oxygens (including phenoxy) is 1. The molecule has 1 aliphatic heterocycles. The van der Waals surface area contributed by atoms with E-state index in [1.807, 2.05) is 0 Å². The minimum absolute atomic E-state index is 0.451. The van der Waals surface area contributed by atoms with E-state index >= 15 is 0 Å². The first-order valence-electron chi connectivity index (χ1n) is 7.90. The van der Waals surface area contributed by atoms with E-state index < -0.39 is 0 Å². The molecule has 2 unspecified atom stereocenters. The summed E-state index contributed by atoms with van der Waals surface area (Å²) in [5.41, 5.74) is 1.38. The number of hydrogen-bond acceptors (Lipinski definition) is 2. The Morgan fingerprint density at radius 3 is 2.95 bits per heavy atom. The van der Waals surface area contributed by atoms with E-state index in [2.05, 4.69) is 52.4 Å². The van der Waals surface area contributed by atoms with Gasteiger partial charge in [0.15, 0.2) is 0 Å². The molecule has 0 aromatic heterocycles. The number of nitrogens with one attached hydrogen (secondary N) is 1. The van der Waals surface area contributed by atoms with Crippen molar-refractivity contribution in [1.82, 2.24) is 5.32 Å². The lowest BCUT2D eigenvalue weighted by Crippen LogP contribution is -2.23. The third-order valence-electron chi connectivity index (χ3n) is 3.96. The first-order chi connectivity index (χ1) is 9.81. The normalized spacial score (nSPS) is 20.2. The number of halogens is 1. The molecule has 1 aromatic rings. The largest absolute Gasteiger partial charge is 0.378 e. The fourth-order valence-corrected chi connectivity index (χ4v) is 3.43. The molecule has 112 valence electrons. The second-order valence-electron chi connectivity index (χ2n) is 5.59. The van der Waals surface area contributed by atoms with Crippen LogP contribution in [0.25, 0.3) is 0 Å². The van der Waals surface area contributed by atoms with Gasteiger partial charge >= 0.3 is 0 Å². The zero-order chi connectivity index (χ0) is 14.2. The van der Waals surface area contributed by atoms with Crippen LogP contribution in [-0.2, 0) is 4.74 Å². The van der Waals surface area contributed by atoms with E-state index in [0.29, 0.717) is 12.1 Å². The summed E-state index contributed by atoms with van der Waals surface area (Å²) in [5.74, 6) is 0. The molecule has 1 fully saturated rings. The third kappa shape index (κ3) is 4.87. The first kappa shape index (κ1) is 16.0. The third-order valence-corrected chi connectivity index (χ3v) is 4.69. The van der Waals surface area contributed by atoms with E-state index in [0.717, 1.165) is 13.2 Å². The molecule has 1 aliphatic rings. The fourth-order valence-electron chi connectivity index (χ4n) is 2.87. The van der Waals surface area contributed by atoms with Gasteiger partial charge in [-0.15, -0.1) is 0 Å². The predicted octanol–water partition coefficient (Wildman–Crippen LogP) is 4.84. The molecule has 2 rings (SSSR count). The van der Waals surface area contributed by atoms with Crippen molar-refractivity contribution >= 4 is 15.9 Å². The molecular weight excluding hydrogens is 314 g/mol. The number of rotatable bonds is 8. The standard InChI is InChI=1S/C17H26BrNO/c1-2-12-19-17(15-9-3-4-10-16(15)18)11-5-7-14-8-6-13-20-14/h3-4,9-10,14,17,19H,2,5-8,11-13H2,1H3. The Morgan fingerprint density at radius 2 is 2.25 bits per heavy atom. The molecule has 0 aliphatic carbocycles. The van der Waals surface area contributed by atoms with Gasteiger partial charge in [-0.1, -0.05) is 41.1 Å². The average molecular weight is 340 g/mol. The number of benzene rings is 1. The van der Waals surface area contributed by atoms with Crippen molar-refractivity contribution < 1.29 is 4.74 Å². The Balaban J connectivity index is 1.87. The molecule has 1 heterocycles. The minimum Gasteiger partial charge on any atom is -0.378 e. The van der Waals surface area contributed by atoms with Crippen LogP contribution in [0.2, 0.25) is 0 Å². The molecule has 20 heavy (non-hydrogen) atoms. The predicted molar refractivity (Wildman–Crippen MR) is 88.0 cm³/mol. The molecule has 0 amide bonds. The Kier molecular flexibility index (Phi) is 7.05. The highest BCUT2D eigenvalue weighted by molar-refractivity contribution is 9.10. The van der Waals surface area contributed by atoms with Crippen LogP contribution in [-0.4, -0.2) is 19.3 Å². The van der Waals surface area contributed by atoms with E-state index in [-0.39, 0.29) is 0 Å². The smallest absolute Gasteiger partial charge is 0.0576 e. The van der Waals surface area contributed by atoms with Crippen LogP contribution in [0.4, 0.5) is 0 Å². The molecule has 0 bridgehead atoms. The molecule has 1 N–H and O–H groups in total. The van der Waals surface area contributed by atoms with Gasteiger partial charge in [0.05, 0.1) is 6.10 Å². The lowest BCUT2D eigenvalue weighted by atomic mass is 9.99. The Labute approximate surface area is 131 Å². The van der Waals surface area contributed by atoms with Crippen LogP contribution < -0.4 is 5.32 Å². The summed E-state index contributed by atoms with van der Waals surface area (Å²) in [4.78, 5) is 0. The summed E-state index contributed by atoms with van der Waals surface area (Å²) < 4.78 is 6.93. The van der Waals surface area contributed by atoms with Crippen LogP contribution in [0.15, 0.2) is 28.7 Å². The van der Waals surface area contributed by atoms with Gasteiger partial charge in [-0.05, 0) is 56.7 Å². The SMILES string of the molecule is CCCNC(CCCC1CCCO1)c1ccccc1Br. The lowest BCUT2D eigenvalue weighted by molar-refractivity contribution is 0.101. The first-order valence-corrected chi connectivity index (χ1v) is 8.70. The average Bonchev–Trinajstić information content (AvgIpc) is 2.97. The van der Waals surface area contributed by atoms with Crippen molar-refractivity contribution in [2.75, 3.05) is 13.2 Å². The summed E-state index contributed by atoms with van der Waals surface area (Å²) >= 11 is 3.68. The van der Waals surface area contributed by atoms with Crippen LogP contribution in [0.1, 0.15) is 57.1 Å². The van der Waals surface area contributed by atoms with Gasteiger partial charge in [-0.25, -0.2) is 0 Å². The summed E-state index contributed by atoms with van der Waals surface area (Å²) in [6.45, 7) is 4.26. The van der Waals surface area contributed by atoms with E-state index in [9.17, 15) is 0 Å². The van der Waals surface area contributed by atoms with Crippen molar-refractivity contribution in [3.63, 3.8) is 0 Å². The zero-order valence-electron chi connectivity index (χ0n) is 12.4. The molecular formula is C17H26BrNO. The molecule has 2 nitrogen and oxygen atoms in total. The molecule has 0 spiro atoms. The highest BCUT2D eigenvalue weighted by atomic mass is 79.9. The Bertz CT molecular complexity index is 390. The van der Waals surface area contributed by atoms with Gasteiger partial charge in [-0.3, -0.25) is 0 Å². The molecule has 0 radical (unpaired) electrons. The van der Waals surface area contributed by atoms with Crippen molar-refractivity contribution in [3.05, 3.63) is 34.3 Å². The summed E-state index contributed by atoms with van der Waals surface area (Å²) in [5, 5.41) is 3.68. The topological polar surface area (TPSA) is 21.3 Å². The molecule has 1 saturated heterocycles. The van der Waals surface area contributed by atoms with Crippen LogP contribution >= 0.6 is 15.9 Å². The Morgan fingerprint density at radius 1 is 1.40 bits per heavy atom. The highest BCUT2D eigenvalue weighted by Crippen LogP contribution is 2.28. The molecule has 1 aromatic carbocycles. The van der Waals surface area contributed by atoms with Crippen LogP contribution in [0.3, 0.4) is 0 Å². The lowest BCUT2D eigenvalue weighted by Gasteiger charge is -2.21. The van der Waals surface area contributed by atoms with Gasteiger partial charge in [0.2, 0.25) is 0 Å². The van der Waals surface area contributed by atoms with Crippen molar-refractivity contribution in [1.29, 1.82) is 0 Å². The van der Waals surface area contributed by atoms with Gasteiger partial charge in [0, 0.05) is 17.1 Å². The molecule has 3 heteroatoms. The van der Waals surface area contributed by atoms with Crippen LogP contribution in [0.5, 0.6) is 0 Å². The second-order valence-corrected chi connectivity index (χ2v) is 6.45. The second kappa shape index (κ2) is 8.81.